The maximum atomic E-state index is 14.3. The van der Waals surface area contributed by atoms with Crippen molar-refractivity contribution in [2.24, 2.45) is 4.99 Å². The lowest BCUT2D eigenvalue weighted by Crippen LogP contribution is -2.36. The molecule has 5 nitrogen and oxygen atoms in total. The van der Waals surface area contributed by atoms with Gasteiger partial charge in [0.05, 0.1) is 18.6 Å². The number of rotatable bonds is 5. The van der Waals surface area contributed by atoms with E-state index >= 15 is 0 Å². The highest BCUT2D eigenvalue weighted by atomic mass is 19.1. The number of hydrogen-bond acceptors (Lipinski definition) is 2. The average molecular weight is 351 g/mol. The molecule has 0 amide bonds. The second-order valence-corrected chi connectivity index (χ2v) is 6.13. The van der Waals surface area contributed by atoms with E-state index in [0.29, 0.717) is 18.8 Å². The van der Waals surface area contributed by atoms with Crippen LogP contribution in [-0.4, -0.2) is 34.5 Å². The molecule has 0 atom stereocenters. The summed E-state index contributed by atoms with van der Waals surface area (Å²) >= 11 is 0. The van der Waals surface area contributed by atoms with Crippen molar-refractivity contribution in [1.82, 2.24) is 19.8 Å². The van der Waals surface area contributed by atoms with Crippen LogP contribution in [0, 0.1) is 5.82 Å². The Balaban J connectivity index is 1.68. The molecule has 134 valence electrons. The standard InChI is InChI=1S/C20H22FN5/c1-25(2)20(23-13-16-6-4-3-5-7-16)24-14-17-8-9-19(18(21)12-17)26-11-10-22-15-26/h3-12,15H,13-14H2,1-2H3,(H,23,24). The van der Waals surface area contributed by atoms with Crippen molar-refractivity contribution in [3.8, 4) is 5.69 Å². The Morgan fingerprint density at radius 2 is 1.96 bits per heavy atom. The van der Waals surface area contributed by atoms with Crippen LogP contribution in [0.25, 0.3) is 5.69 Å². The van der Waals surface area contributed by atoms with Crippen LogP contribution in [0.5, 0.6) is 0 Å². The Bertz CT molecular complexity index is 857. The molecule has 0 aliphatic rings. The predicted molar refractivity (Wildman–Crippen MR) is 102 cm³/mol. The van der Waals surface area contributed by atoms with E-state index in [-0.39, 0.29) is 5.82 Å². The lowest BCUT2D eigenvalue weighted by Gasteiger charge is -2.18. The minimum Gasteiger partial charge on any atom is -0.352 e. The fraction of sp³-hybridized carbons (Fsp3) is 0.200. The molecule has 0 fully saturated rings. The van der Waals surface area contributed by atoms with Gasteiger partial charge in [-0.25, -0.2) is 14.4 Å². The minimum atomic E-state index is -0.292. The highest BCUT2D eigenvalue weighted by molar-refractivity contribution is 5.79. The zero-order valence-electron chi connectivity index (χ0n) is 14.9. The number of halogens is 1. The van der Waals surface area contributed by atoms with Gasteiger partial charge in [0, 0.05) is 33.0 Å². The molecule has 1 N–H and O–H groups in total. The summed E-state index contributed by atoms with van der Waals surface area (Å²) in [5.74, 6) is 0.465. The van der Waals surface area contributed by atoms with Crippen LogP contribution in [0.3, 0.4) is 0 Å². The summed E-state index contributed by atoms with van der Waals surface area (Å²) < 4.78 is 16.0. The lowest BCUT2D eigenvalue weighted by molar-refractivity contribution is 0.578. The summed E-state index contributed by atoms with van der Waals surface area (Å²) in [6.07, 6.45) is 4.92. The van der Waals surface area contributed by atoms with Crippen LogP contribution in [0.2, 0.25) is 0 Å². The zero-order chi connectivity index (χ0) is 18.4. The van der Waals surface area contributed by atoms with Gasteiger partial charge < -0.3 is 14.8 Å². The molecule has 1 heterocycles. The van der Waals surface area contributed by atoms with E-state index in [4.69, 9.17) is 0 Å². The van der Waals surface area contributed by atoms with Crippen molar-refractivity contribution in [3.63, 3.8) is 0 Å². The molecule has 2 aromatic carbocycles. The molecule has 26 heavy (non-hydrogen) atoms. The van der Waals surface area contributed by atoms with Crippen molar-refractivity contribution < 1.29 is 4.39 Å². The first-order valence-corrected chi connectivity index (χ1v) is 8.40. The molecule has 0 saturated carbocycles. The molecule has 6 heteroatoms. The summed E-state index contributed by atoms with van der Waals surface area (Å²) in [5.41, 5.74) is 2.47. The molecule has 0 aliphatic carbocycles. The minimum absolute atomic E-state index is 0.292. The summed E-state index contributed by atoms with van der Waals surface area (Å²) in [4.78, 5) is 10.5. The highest BCUT2D eigenvalue weighted by Gasteiger charge is 2.06. The van der Waals surface area contributed by atoms with Crippen LogP contribution < -0.4 is 5.32 Å². The smallest absolute Gasteiger partial charge is 0.194 e. The summed E-state index contributed by atoms with van der Waals surface area (Å²) in [5, 5.41) is 3.32. The molecular formula is C20H22FN5. The van der Waals surface area contributed by atoms with Gasteiger partial charge in [-0.3, -0.25) is 0 Å². The van der Waals surface area contributed by atoms with E-state index in [1.807, 2.05) is 43.3 Å². The molecule has 0 spiro atoms. The Labute approximate surface area is 152 Å². The number of aliphatic imine (C=N–C) groups is 1. The second kappa shape index (κ2) is 8.29. The molecule has 0 bridgehead atoms. The lowest BCUT2D eigenvalue weighted by atomic mass is 10.2. The third kappa shape index (κ3) is 4.47. The van der Waals surface area contributed by atoms with Gasteiger partial charge in [-0.05, 0) is 23.3 Å². The third-order valence-electron chi connectivity index (χ3n) is 3.92. The maximum Gasteiger partial charge on any atom is 0.194 e. The van der Waals surface area contributed by atoms with Gasteiger partial charge >= 0.3 is 0 Å². The summed E-state index contributed by atoms with van der Waals surface area (Å²) in [6, 6.07) is 15.3. The van der Waals surface area contributed by atoms with Crippen LogP contribution in [0.4, 0.5) is 4.39 Å². The van der Waals surface area contributed by atoms with Gasteiger partial charge in [-0.1, -0.05) is 36.4 Å². The average Bonchev–Trinajstić information content (AvgIpc) is 3.16. The van der Waals surface area contributed by atoms with Crippen molar-refractivity contribution in [1.29, 1.82) is 0 Å². The zero-order valence-corrected chi connectivity index (χ0v) is 14.9. The van der Waals surface area contributed by atoms with Gasteiger partial charge in [0.25, 0.3) is 0 Å². The van der Waals surface area contributed by atoms with Gasteiger partial charge in [0.15, 0.2) is 5.96 Å². The number of aromatic nitrogens is 2. The molecule has 0 aliphatic heterocycles. The van der Waals surface area contributed by atoms with E-state index in [0.717, 1.165) is 11.5 Å². The maximum absolute atomic E-state index is 14.3. The van der Waals surface area contributed by atoms with E-state index in [1.54, 1.807) is 29.4 Å². The van der Waals surface area contributed by atoms with Crippen LogP contribution in [0.1, 0.15) is 11.1 Å². The monoisotopic (exact) mass is 351 g/mol. The summed E-state index contributed by atoms with van der Waals surface area (Å²) in [6.45, 7) is 1.09. The van der Waals surface area contributed by atoms with E-state index in [2.05, 4.69) is 27.4 Å². The quantitative estimate of drug-likeness (QED) is 0.567. The normalized spacial score (nSPS) is 11.4. The molecule has 0 radical (unpaired) electrons. The van der Waals surface area contributed by atoms with Crippen LogP contribution >= 0.6 is 0 Å². The highest BCUT2D eigenvalue weighted by Crippen LogP contribution is 2.15. The number of imidazole rings is 1. The van der Waals surface area contributed by atoms with E-state index in [1.165, 1.54) is 11.6 Å². The number of nitrogens with one attached hydrogen (secondary N) is 1. The summed E-state index contributed by atoms with van der Waals surface area (Å²) in [7, 11) is 3.86. The molecule has 3 aromatic rings. The van der Waals surface area contributed by atoms with Crippen molar-refractivity contribution in [2.75, 3.05) is 14.1 Å². The predicted octanol–water partition coefficient (Wildman–Crippen LogP) is 3.22. The third-order valence-corrected chi connectivity index (χ3v) is 3.92. The topological polar surface area (TPSA) is 45.5 Å². The van der Waals surface area contributed by atoms with Crippen molar-refractivity contribution >= 4 is 5.96 Å². The molecule has 0 unspecified atom stereocenters. The first kappa shape index (κ1) is 17.7. The van der Waals surface area contributed by atoms with Gasteiger partial charge in [0.1, 0.15) is 5.82 Å². The second-order valence-electron chi connectivity index (χ2n) is 6.13. The Hall–Kier alpha value is -3.15. The van der Waals surface area contributed by atoms with E-state index < -0.39 is 0 Å². The van der Waals surface area contributed by atoms with Crippen molar-refractivity contribution in [2.45, 2.75) is 13.1 Å². The first-order chi connectivity index (χ1) is 12.6. The SMILES string of the molecule is CN(C)C(=NCc1ccc(-n2ccnc2)c(F)c1)NCc1ccccc1. The fourth-order valence-corrected chi connectivity index (χ4v) is 2.56. The number of guanidine groups is 1. The molecular weight excluding hydrogens is 329 g/mol. The van der Waals surface area contributed by atoms with Gasteiger partial charge in [0.2, 0.25) is 0 Å². The van der Waals surface area contributed by atoms with Crippen LogP contribution in [-0.2, 0) is 13.1 Å². The molecule has 0 saturated heterocycles. The van der Waals surface area contributed by atoms with Crippen molar-refractivity contribution in [3.05, 3.63) is 84.2 Å². The molecule has 3 rings (SSSR count). The van der Waals surface area contributed by atoms with Gasteiger partial charge in [-0.2, -0.15) is 0 Å². The largest absolute Gasteiger partial charge is 0.352 e. The number of hydrogen-bond donors (Lipinski definition) is 1. The Morgan fingerprint density at radius 3 is 2.62 bits per heavy atom. The first-order valence-electron chi connectivity index (χ1n) is 8.40. The number of nitrogens with zero attached hydrogens (tertiary/aromatic N) is 4. The van der Waals surface area contributed by atoms with Gasteiger partial charge in [-0.15, -0.1) is 0 Å². The van der Waals surface area contributed by atoms with Crippen LogP contribution in [0.15, 0.2) is 72.2 Å². The number of benzene rings is 2. The Kier molecular flexibility index (Phi) is 5.63. The van der Waals surface area contributed by atoms with E-state index in [9.17, 15) is 4.39 Å². The fourth-order valence-electron chi connectivity index (χ4n) is 2.56. The molecule has 1 aromatic heterocycles. The Morgan fingerprint density at radius 1 is 1.15 bits per heavy atom.